The van der Waals surface area contributed by atoms with Crippen LogP contribution in [-0.4, -0.2) is 36.9 Å². The highest BCUT2D eigenvalue weighted by Gasteiger charge is 2.08. The molecule has 102 valence electrons. The van der Waals surface area contributed by atoms with Crippen LogP contribution in [0.2, 0.25) is 0 Å². The quantitative estimate of drug-likeness (QED) is 0.406. The highest BCUT2D eigenvalue weighted by molar-refractivity contribution is 5.44. The monoisotopic (exact) mass is 254 g/mol. The fourth-order valence-corrected chi connectivity index (χ4v) is 1.62. The molecule has 1 aromatic rings. The van der Waals surface area contributed by atoms with Gasteiger partial charge in [0.1, 0.15) is 11.6 Å². The van der Waals surface area contributed by atoms with E-state index in [1.807, 2.05) is 6.92 Å². The molecular weight excluding hydrogens is 232 g/mol. The first-order valence-corrected chi connectivity index (χ1v) is 6.12. The minimum Gasteiger partial charge on any atom is -0.382 e. The van der Waals surface area contributed by atoms with Crippen LogP contribution in [0, 0.1) is 6.92 Å². The summed E-state index contributed by atoms with van der Waals surface area (Å²) in [7, 11) is 1.65. The third kappa shape index (κ3) is 4.21. The lowest BCUT2D eigenvalue weighted by atomic mass is 10.2. The first-order valence-electron chi connectivity index (χ1n) is 6.12. The van der Waals surface area contributed by atoms with Gasteiger partial charge in [0.2, 0.25) is 0 Å². The lowest BCUT2D eigenvalue weighted by Crippen LogP contribution is -2.15. The van der Waals surface area contributed by atoms with E-state index in [1.54, 1.807) is 7.11 Å². The summed E-state index contributed by atoms with van der Waals surface area (Å²) < 4.78 is 10.3. The molecule has 0 saturated carbocycles. The van der Waals surface area contributed by atoms with E-state index in [-0.39, 0.29) is 0 Å². The summed E-state index contributed by atoms with van der Waals surface area (Å²) in [6.07, 6.45) is 1.53. The lowest BCUT2D eigenvalue weighted by molar-refractivity contribution is 0.0716. The molecular formula is C12H22N4O2. The Kier molecular flexibility index (Phi) is 6.56. The Hall–Kier alpha value is -1.24. The summed E-state index contributed by atoms with van der Waals surface area (Å²) in [5.74, 6) is 6.89. The second-order valence-electron chi connectivity index (χ2n) is 3.91. The molecule has 0 unspecified atom stereocenters. The Morgan fingerprint density at radius 2 is 2.00 bits per heavy atom. The third-order valence-electron chi connectivity index (χ3n) is 2.67. The van der Waals surface area contributed by atoms with Gasteiger partial charge in [0.05, 0.1) is 19.8 Å². The zero-order valence-electron chi connectivity index (χ0n) is 11.3. The van der Waals surface area contributed by atoms with E-state index in [0.29, 0.717) is 32.1 Å². The molecule has 0 atom stereocenters. The third-order valence-corrected chi connectivity index (χ3v) is 2.67. The van der Waals surface area contributed by atoms with Gasteiger partial charge in [0.25, 0.3) is 0 Å². The highest BCUT2D eigenvalue weighted by atomic mass is 16.5. The number of aryl methyl sites for hydroxylation is 1. The molecule has 0 radical (unpaired) electrons. The normalized spacial score (nSPS) is 10.7. The molecule has 18 heavy (non-hydrogen) atoms. The van der Waals surface area contributed by atoms with Crippen molar-refractivity contribution in [3.8, 4) is 0 Å². The predicted octanol–water partition coefficient (Wildman–Crippen LogP) is 0.839. The number of nitrogens with two attached hydrogens (primary N) is 1. The van der Waals surface area contributed by atoms with Crippen molar-refractivity contribution in [2.75, 3.05) is 32.4 Å². The summed E-state index contributed by atoms with van der Waals surface area (Å²) in [4.78, 5) is 8.86. The van der Waals surface area contributed by atoms with Crippen molar-refractivity contribution in [3.63, 3.8) is 0 Å². The number of anilines is 1. The maximum Gasteiger partial charge on any atom is 0.146 e. The SMILES string of the molecule is CCc1nc(CCOCCOC)nc(NN)c1C. The Morgan fingerprint density at radius 3 is 2.61 bits per heavy atom. The molecule has 0 saturated heterocycles. The fourth-order valence-electron chi connectivity index (χ4n) is 1.62. The van der Waals surface area contributed by atoms with Gasteiger partial charge in [-0.25, -0.2) is 15.8 Å². The average Bonchev–Trinajstić information content (AvgIpc) is 2.40. The summed E-state index contributed by atoms with van der Waals surface area (Å²) in [6.45, 7) is 5.80. The smallest absolute Gasteiger partial charge is 0.146 e. The molecule has 0 bridgehead atoms. The zero-order valence-corrected chi connectivity index (χ0v) is 11.3. The van der Waals surface area contributed by atoms with Gasteiger partial charge in [-0.05, 0) is 13.3 Å². The van der Waals surface area contributed by atoms with Gasteiger partial charge in [-0.15, -0.1) is 0 Å². The first kappa shape index (κ1) is 14.8. The van der Waals surface area contributed by atoms with E-state index in [0.717, 1.165) is 23.5 Å². The minimum absolute atomic E-state index is 0.583. The Morgan fingerprint density at radius 1 is 1.22 bits per heavy atom. The van der Waals surface area contributed by atoms with Crippen LogP contribution < -0.4 is 11.3 Å². The number of methoxy groups -OCH3 is 1. The number of hydrogen-bond donors (Lipinski definition) is 2. The largest absolute Gasteiger partial charge is 0.382 e. The maximum atomic E-state index is 5.45. The van der Waals surface area contributed by atoms with Gasteiger partial charge in [0, 0.05) is 24.8 Å². The molecule has 1 aromatic heterocycles. The van der Waals surface area contributed by atoms with Gasteiger partial charge in [-0.2, -0.15) is 0 Å². The molecule has 0 amide bonds. The number of aromatic nitrogens is 2. The molecule has 0 aliphatic rings. The standard InChI is InChI=1S/C12H22N4O2/c1-4-10-9(2)12(16-13)15-11(14-10)5-6-18-8-7-17-3/h4-8,13H2,1-3H3,(H,14,15,16). The Bertz CT molecular complexity index is 346. The molecule has 0 aliphatic carbocycles. The van der Waals surface area contributed by atoms with Crippen molar-refractivity contribution in [1.29, 1.82) is 0 Å². The number of nitrogens with zero attached hydrogens (tertiary/aromatic N) is 2. The molecule has 0 spiro atoms. The van der Waals surface area contributed by atoms with Crippen molar-refractivity contribution in [3.05, 3.63) is 17.1 Å². The summed E-state index contributed by atoms with van der Waals surface area (Å²) in [6, 6.07) is 0. The van der Waals surface area contributed by atoms with Crippen molar-refractivity contribution < 1.29 is 9.47 Å². The number of rotatable bonds is 8. The second-order valence-corrected chi connectivity index (χ2v) is 3.91. The van der Waals surface area contributed by atoms with Crippen LogP contribution in [0.5, 0.6) is 0 Å². The topological polar surface area (TPSA) is 82.3 Å². The van der Waals surface area contributed by atoms with Gasteiger partial charge in [-0.1, -0.05) is 6.92 Å². The van der Waals surface area contributed by atoms with Crippen LogP contribution in [0.1, 0.15) is 24.0 Å². The van der Waals surface area contributed by atoms with Crippen molar-refractivity contribution >= 4 is 5.82 Å². The van der Waals surface area contributed by atoms with E-state index in [4.69, 9.17) is 15.3 Å². The number of ether oxygens (including phenoxy) is 2. The van der Waals surface area contributed by atoms with E-state index < -0.39 is 0 Å². The number of nitrogen functional groups attached to an aromatic ring is 1. The summed E-state index contributed by atoms with van der Waals surface area (Å²) >= 11 is 0. The molecule has 1 rings (SSSR count). The maximum absolute atomic E-state index is 5.45. The number of hydrogen-bond acceptors (Lipinski definition) is 6. The number of hydrazine groups is 1. The average molecular weight is 254 g/mol. The zero-order chi connectivity index (χ0) is 13.4. The molecule has 0 aromatic carbocycles. The molecule has 0 aliphatic heterocycles. The highest BCUT2D eigenvalue weighted by Crippen LogP contribution is 2.15. The van der Waals surface area contributed by atoms with E-state index in [1.165, 1.54) is 0 Å². The van der Waals surface area contributed by atoms with E-state index in [9.17, 15) is 0 Å². The lowest BCUT2D eigenvalue weighted by Gasteiger charge is -2.11. The molecule has 3 N–H and O–H groups in total. The van der Waals surface area contributed by atoms with Crippen LogP contribution in [0.15, 0.2) is 0 Å². The van der Waals surface area contributed by atoms with Crippen LogP contribution in [0.25, 0.3) is 0 Å². The molecule has 0 fully saturated rings. The van der Waals surface area contributed by atoms with Gasteiger partial charge in [-0.3, -0.25) is 0 Å². The van der Waals surface area contributed by atoms with Crippen LogP contribution in [-0.2, 0) is 22.3 Å². The summed E-state index contributed by atoms with van der Waals surface area (Å²) in [5.41, 5.74) is 4.63. The molecule has 6 heteroatoms. The van der Waals surface area contributed by atoms with Gasteiger partial charge < -0.3 is 14.9 Å². The van der Waals surface area contributed by atoms with Crippen LogP contribution in [0.4, 0.5) is 5.82 Å². The van der Waals surface area contributed by atoms with Gasteiger partial charge >= 0.3 is 0 Å². The minimum atomic E-state index is 0.583. The second kappa shape index (κ2) is 7.97. The van der Waals surface area contributed by atoms with Crippen molar-refractivity contribution in [1.82, 2.24) is 9.97 Å². The fraction of sp³-hybridized carbons (Fsp3) is 0.667. The van der Waals surface area contributed by atoms with Crippen LogP contribution >= 0.6 is 0 Å². The van der Waals surface area contributed by atoms with Crippen molar-refractivity contribution in [2.45, 2.75) is 26.7 Å². The van der Waals surface area contributed by atoms with Crippen LogP contribution in [0.3, 0.4) is 0 Å². The Balaban J connectivity index is 2.60. The molecule has 1 heterocycles. The predicted molar refractivity (Wildman–Crippen MR) is 70.4 cm³/mol. The molecule has 6 nitrogen and oxygen atoms in total. The van der Waals surface area contributed by atoms with E-state index >= 15 is 0 Å². The van der Waals surface area contributed by atoms with Crippen molar-refractivity contribution in [2.24, 2.45) is 5.84 Å². The first-order chi connectivity index (χ1) is 8.72. The number of nitrogens with one attached hydrogen (secondary N) is 1. The van der Waals surface area contributed by atoms with E-state index in [2.05, 4.69) is 22.3 Å². The van der Waals surface area contributed by atoms with Gasteiger partial charge in [0.15, 0.2) is 0 Å². The Labute approximate surface area is 108 Å². The summed E-state index contributed by atoms with van der Waals surface area (Å²) in [5, 5.41) is 0.